The Morgan fingerprint density at radius 1 is 1.57 bits per heavy atom. The van der Waals surface area contributed by atoms with Gasteiger partial charge in [-0.15, -0.1) is 0 Å². The van der Waals surface area contributed by atoms with Crippen LogP contribution in [0.3, 0.4) is 0 Å². The van der Waals surface area contributed by atoms with Crippen molar-refractivity contribution in [2.45, 2.75) is 18.9 Å². The van der Waals surface area contributed by atoms with E-state index in [1.165, 1.54) is 5.56 Å². The minimum atomic E-state index is -0.241. The molecule has 1 heterocycles. The largest absolute Gasteiger partial charge is 0.497 e. The fourth-order valence-corrected chi connectivity index (χ4v) is 1.72. The van der Waals surface area contributed by atoms with E-state index >= 15 is 0 Å². The summed E-state index contributed by atoms with van der Waals surface area (Å²) in [6, 6.07) is 5.90. The second-order valence-electron chi connectivity index (χ2n) is 3.91. The molecule has 0 radical (unpaired) electrons. The second-order valence-corrected chi connectivity index (χ2v) is 3.91. The summed E-state index contributed by atoms with van der Waals surface area (Å²) < 4.78 is 10.9. The van der Waals surface area contributed by atoms with Gasteiger partial charge in [0.05, 0.1) is 7.11 Å². The molecular formula is C11H15NO2. The molecule has 1 aliphatic rings. The summed E-state index contributed by atoms with van der Waals surface area (Å²) in [7, 11) is 1.65. The Bertz CT molecular complexity index is 351. The molecule has 1 aliphatic heterocycles. The van der Waals surface area contributed by atoms with Crippen LogP contribution in [0.2, 0.25) is 0 Å². The van der Waals surface area contributed by atoms with Crippen LogP contribution in [-0.2, 0) is 6.42 Å². The van der Waals surface area contributed by atoms with Crippen molar-refractivity contribution in [2.24, 2.45) is 5.73 Å². The van der Waals surface area contributed by atoms with Crippen molar-refractivity contribution in [3.05, 3.63) is 23.8 Å². The number of nitrogens with two attached hydrogens (primary N) is 1. The zero-order valence-corrected chi connectivity index (χ0v) is 8.54. The van der Waals surface area contributed by atoms with Gasteiger partial charge in [0.25, 0.3) is 0 Å². The highest BCUT2D eigenvalue weighted by Gasteiger charge is 2.33. The van der Waals surface area contributed by atoms with E-state index in [9.17, 15) is 0 Å². The molecule has 2 rings (SSSR count). The van der Waals surface area contributed by atoms with Crippen LogP contribution >= 0.6 is 0 Å². The summed E-state index contributed by atoms with van der Waals surface area (Å²) in [5, 5.41) is 0. The van der Waals surface area contributed by atoms with E-state index in [1.807, 2.05) is 25.1 Å². The molecule has 1 aromatic carbocycles. The Hall–Kier alpha value is -1.22. The molecule has 0 amide bonds. The molecule has 1 unspecified atom stereocenters. The van der Waals surface area contributed by atoms with Crippen LogP contribution in [-0.4, -0.2) is 19.3 Å². The predicted octanol–water partition coefficient (Wildman–Crippen LogP) is 1.35. The Labute approximate surface area is 83.8 Å². The standard InChI is InChI=1S/C11H15NO2/c1-11(7-12)6-8-3-4-9(13-2)5-10(8)14-11/h3-5H,6-7,12H2,1-2H3. The number of benzene rings is 1. The van der Waals surface area contributed by atoms with Crippen LogP contribution in [0, 0.1) is 0 Å². The van der Waals surface area contributed by atoms with Gasteiger partial charge in [-0.1, -0.05) is 6.07 Å². The first-order chi connectivity index (χ1) is 6.67. The fraction of sp³-hybridized carbons (Fsp3) is 0.455. The number of methoxy groups -OCH3 is 1. The molecule has 0 spiro atoms. The minimum Gasteiger partial charge on any atom is -0.497 e. The number of hydrogen-bond donors (Lipinski definition) is 1. The lowest BCUT2D eigenvalue weighted by molar-refractivity contribution is 0.125. The SMILES string of the molecule is COc1ccc2c(c1)OC(C)(CN)C2. The average molecular weight is 193 g/mol. The minimum absolute atomic E-state index is 0.241. The van der Waals surface area contributed by atoms with Gasteiger partial charge < -0.3 is 15.2 Å². The van der Waals surface area contributed by atoms with Gasteiger partial charge in [0.15, 0.2) is 0 Å². The van der Waals surface area contributed by atoms with E-state index in [1.54, 1.807) is 7.11 Å². The molecule has 3 nitrogen and oxygen atoms in total. The molecular weight excluding hydrogens is 178 g/mol. The zero-order chi connectivity index (χ0) is 10.2. The maximum Gasteiger partial charge on any atom is 0.127 e. The molecule has 1 aromatic rings. The third kappa shape index (κ3) is 1.44. The molecule has 0 saturated carbocycles. The summed E-state index contributed by atoms with van der Waals surface area (Å²) in [6.07, 6.45) is 0.878. The Morgan fingerprint density at radius 3 is 3.00 bits per heavy atom. The van der Waals surface area contributed by atoms with Crippen LogP contribution in [0.5, 0.6) is 11.5 Å². The van der Waals surface area contributed by atoms with Gasteiger partial charge >= 0.3 is 0 Å². The molecule has 3 heteroatoms. The zero-order valence-electron chi connectivity index (χ0n) is 8.54. The lowest BCUT2D eigenvalue weighted by Crippen LogP contribution is -2.38. The van der Waals surface area contributed by atoms with E-state index in [0.717, 1.165) is 17.9 Å². The van der Waals surface area contributed by atoms with Crippen molar-refractivity contribution in [1.29, 1.82) is 0 Å². The van der Waals surface area contributed by atoms with Crippen molar-refractivity contribution in [3.63, 3.8) is 0 Å². The Balaban J connectivity index is 2.31. The number of fused-ring (bicyclic) bond motifs is 1. The fourth-order valence-electron chi connectivity index (χ4n) is 1.72. The molecule has 1 atom stereocenters. The van der Waals surface area contributed by atoms with Crippen LogP contribution in [0.15, 0.2) is 18.2 Å². The normalized spacial score (nSPS) is 24.2. The first-order valence-electron chi connectivity index (χ1n) is 4.73. The van der Waals surface area contributed by atoms with Gasteiger partial charge in [-0.2, -0.15) is 0 Å². The van der Waals surface area contributed by atoms with Gasteiger partial charge in [-0.3, -0.25) is 0 Å². The van der Waals surface area contributed by atoms with Crippen molar-refractivity contribution < 1.29 is 9.47 Å². The first-order valence-corrected chi connectivity index (χ1v) is 4.73. The van der Waals surface area contributed by atoms with Crippen LogP contribution in [0.4, 0.5) is 0 Å². The molecule has 0 bridgehead atoms. The summed E-state index contributed by atoms with van der Waals surface area (Å²) in [4.78, 5) is 0. The van der Waals surface area contributed by atoms with Crippen molar-refractivity contribution in [3.8, 4) is 11.5 Å². The van der Waals surface area contributed by atoms with Gasteiger partial charge in [0.2, 0.25) is 0 Å². The van der Waals surface area contributed by atoms with Gasteiger partial charge in [-0.25, -0.2) is 0 Å². The smallest absolute Gasteiger partial charge is 0.127 e. The number of rotatable bonds is 2. The highest BCUT2D eigenvalue weighted by Crippen LogP contribution is 2.36. The van der Waals surface area contributed by atoms with Crippen LogP contribution in [0.25, 0.3) is 0 Å². The maximum absolute atomic E-state index is 5.78. The summed E-state index contributed by atoms with van der Waals surface area (Å²) >= 11 is 0. The predicted molar refractivity (Wildman–Crippen MR) is 54.8 cm³/mol. The topological polar surface area (TPSA) is 44.5 Å². The van der Waals surface area contributed by atoms with E-state index in [-0.39, 0.29) is 5.60 Å². The molecule has 2 N–H and O–H groups in total. The summed E-state index contributed by atoms with van der Waals surface area (Å²) in [6.45, 7) is 2.56. The van der Waals surface area contributed by atoms with E-state index < -0.39 is 0 Å². The highest BCUT2D eigenvalue weighted by molar-refractivity contribution is 5.44. The monoisotopic (exact) mass is 193 g/mol. The molecule has 0 saturated heterocycles. The molecule has 0 aromatic heterocycles. The summed E-state index contributed by atoms with van der Waals surface area (Å²) in [5.41, 5.74) is 6.63. The summed E-state index contributed by atoms with van der Waals surface area (Å²) in [5.74, 6) is 1.72. The van der Waals surface area contributed by atoms with Gasteiger partial charge in [0, 0.05) is 19.0 Å². The van der Waals surface area contributed by atoms with E-state index in [4.69, 9.17) is 15.2 Å². The molecule has 14 heavy (non-hydrogen) atoms. The van der Waals surface area contributed by atoms with Crippen molar-refractivity contribution in [2.75, 3.05) is 13.7 Å². The molecule has 76 valence electrons. The third-order valence-corrected chi connectivity index (χ3v) is 2.63. The average Bonchev–Trinajstić information content (AvgIpc) is 2.54. The van der Waals surface area contributed by atoms with Crippen LogP contribution in [0.1, 0.15) is 12.5 Å². The van der Waals surface area contributed by atoms with Crippen molar-refractivity contribution in [1.82, 2.24) is 0 Å². The second kappa shape index (κ2) is 3.17. The third-order valence-electron chi connectivity index (χ3n) is 2.63. The van der Waals surface area contributed by atoms with E-state index in [0.29, 0.717) is 6.54 Å². The Kier molecular flexibility index (Phi) is 2.11. The molecule has 0 aliphatic carbocycles. The van der Waals surface area contributed by atoms with E-state index in [2.05, 4.69) is 0 Å². The highest BCUT2D eigenvalue weighted by atomic mass is 16.5. The van der Waals surface area contributed by atoms with Gasteiger partial charge in [0.1, 0.15) is 17.1 Å². The van der Waals surface area contributed by atoms with Crippen LogP contribution < -0.4 is 15.2 Å². The van der Waals surface area contributed by atoms with Gasteiger partial charge in [-0.05, 0) is 18.6 Å². The lowest BCUT2D eigenvalue weighted by Gasteiger charge is -2.21. The quantitative estimate of drug-likeness (QED) is 0.771. The lowest BCUT2D eigenvalue weighted by atomic mass is 10.00. The van der Waals surface area contributed by atoms with Crippen molar-refractivity contribution >= 4 is 0 Å². The first kappa shape index (κ1) is 9.34. The maximum atomic E-state index is 5.78. The Morgan fingerprint density at radius 2 is 2.36 bits per heavy atom. The number of hydrogen-bond acceptors (Lipinski definition) is 3. The number of ether oxygens (including phenoxy) is 2. The molecule has 0 fully saturated rings.